The van der Waals surface area contributed by atoms with E-state index in [9.17, 15) is 13.6 Å². The van der Waals surface area contributed by atoms with Gasteiger partial charge in [0.1, 0.15) is 17.3 Å². The van der Waals surface area contributed by atoms with Gasteiger partial charge in [0.05, 0.1) is 17.3 Å². The van der Waals surface area contributed by atoms with Gasteiger partial charge in [0.2, 0.25) is 5.89 Å². The van der Waals surface area contributed by atoms with Gasteiger partial charge in [-0.05, 0) is 74.7 Å². The van der Waals surface area contributed by atoms with Gasteiger partial charge in [-0.15, -0.1) is 0 Å². The highest BCUT2D eigenvalue weighted by atomic mass is 35.5. The van der Waals surface area contributed by atoms with Gasteiger partial charge in [-0.2, -0.15) is 0 Å². The van der Waals surface area contributed by atoms with Crippen molar-refractivity contribution in [3.8, 4) is 28.3 Å². The Morgan fingerprint density at radius 3 is 2.56 bits per heavy atom. The molecule has 0 spiro atoms. The topological polar surface area (TPSA) is 60.1 Å². The van der Waals surface area contributed by atoms with E-state index in [1.54, 1.807) is 24.4 Å². The Morgan fingerprint density at radius 2 is 1.88 bits per heavy atom. The first-order chi connectivity index (χ1) is 16.3. The van der Waals surface area contributed by atoms with Crippen LogP contribution in [0.2, 0.25) is 5.02 Å². The molecule has 0 bridgehead atoms. The van der Waals surface area contributed by atoms with E-state index in [4.69, 9.17) is 21.0 Å². The fourth-order valence-corrected chi connectivity index (χ4v) is 4.85. The monoisotopic (exact) mass is 481 g/mol. The Balaban J connectivity index is 1.71. The molecule has 1 fully saturated rings. The molecule has 4 aromatic rings. The third kappa shape index (κ3) is 4.06. The van der Waals surface area contributed by atoms with Gasteiger partial charge < -0.3 is 9.73 Å². The quantitative estimate of drug-likeness (QED) is 0.381. The summed E-state index contributed by atoms with van der Waals surface area (Å²) >= 11 is 6.18. The van der Waals surface area contributed by atoms with Crippen LogP contribution in [0.1, 0.15) is 35.9 Å². The van der Waals surface area contributed by atoms with Crippen LogP contribution in [-0.4, -0.2) is 16.1 Å². The molecule has 0 aliphatic carbocycles. The Hall–Kier alpha value is -3.29. The first-order valence-electron chi connectivity index (χ1n) is 11.0. The third-order valence-corrected chi connectivity index (χ3v) is 6.28. The number of nitrogens with one attached hydrogen (secondary N) is 1. The maximum Gasteiger partial charge on any atom is 0.255 e. The van der Waals surface area contributed by atoms with E-state index in [1.165, 1.54) is 22.8 Å². The molecule has 0 radical (unpaired) electrons. The van der Waals surface area contributed by atoms with Crippen molar-refractivity contribution in [3.05, 3.63) is 92.7 Å². The van der Waals surface area contributed by atoms with E-state index in [0.717, 1.165) is 36.6 Å². The molecule has 0 amide bonds. The van der Waals surface area contributed by atoms with Crippen LogP contribution in [0.5, 0.6) is 0 Å². The summed E-state index contributed by atoms with van der Waals surface area (Å²) in [4.78, 5) is 17.5. The molecule has 8 heteroatoms. The van der Waals surface area contributed by atoms with Crippen LogP contribution in [0.25, 0.3) is 28.3 Å². The Labute approximate surface area is 200 Å². The summed E-state index contributed by atoms with van der Waals surface area (Å²) in [6.07, 6.45) is 3.48. The second-order valence-corrected chi connectivity index (χ2v) is 8.95. The average Bonchev–Trinajstić information content (AvgIpc) is 3.44. The van der Waals surface area contributed by atoms with Crippen LogP contribution in [0.3, 0.4) is 0 Å². The molecule has 1 saturated heterocycles. The van der Waals surface area contributed by atoms with E-state index in [2.05, 4.69) is 5.32 Å². The standard InChI is InChI=1S/C26H22ClF2N3O2/c1-14-10-17(27)11-15(2)24(14)32-13-16(5-8-22(32)33)23-25(19-7-6-18(28)12-20(19)29)34-26(31-23)21-4-3-9-30-21/h5-8,10-13,21,30H,3-4,9H2,1-2H3/t21-/m1/s1. The Morgan fingerprint density at radius 1 is 1.12 bits per heavy atom. The Bertz CT molecular complexity index is 1430. The molecular weight excluding hydrogens is 460 g/mol. The van der Waals surface area contributed by atoms with E-state index in [0.29, 0.717) is 27.9 Å². The SMILES string of the molecule is Cc1cc(Cl)cc(C)c1-n1cc(-c2nc([C@H]3CCCN3)oc2-c2ccc(F)cc2F)ccc1=O. The molecule has 174 valence electrons. The van der Waals surface area contributed by atoms with Crippen molar-refractivity contribution in [2.24, 2.45) is 0 Å². The lowest BCUT2D eigenvalue weighted by atomic mass is 10.1. The number of pyridine rings is 1. The first kappa shape index (κ1) is 22.5. The zero-order valence-corrected chi connectivity index (χ0v) is 19.4. The van der Waals surface area contributed by atoms with Crippen molar-refractivity contribution in [2.45, 2.75) is 32.7 Å². The number of aromatic nitrogens is 2. The van der Waals surface area contributed by atoms with E-state index in [-0.39, 0.29) is 22.9 Å². The lowest BCUT2D eigenvalue weighted by Crippen LogP contribution is -2.18. The second-order valence-electron chi connectivity index (χ2n) is 8.52. The number of nitrogens with zero attached hydrogens (tertiary/aromatic N) is 2. The van der Waals surface area contributed by atoms with Gasteiger partial charge >= 0.3 is 0 Å². The lowest BCUT2D eigenvalue weighted by molar-refractivity contribution is 0.436. The molecule has 0 unspecified atom stereocenters. The zero-order valence-electron chi connectivity index (χ0n) is 18.7. The van der Waals surface area contributed by atoms with E-state index < -0.39 is 11.6 Å². The summed E-state index contributed by atoms with van der Waals surface area (Å²) in [6.45, 7) is 4.60. The predicted molar refractivity (Wildman–Crippen MR) is 127 cm³/mol. The smallest absolute Gasteiger partial charge is 0.255 e. The molecule has 5 rings (SSSR count). The highest BCUT2D eigenvalue weighted by molar-refractivity contribution is 6.30. The van der Waals surface area contributed by atoms with Crippen molar-refractivity contribution in [2.75, 3.05) is 6.54 Å². The molecule has 1 aliphatic heterocycles. The van der Waals surface area contributed by atoms with Gasteiger partial charge in [0, 0.05) is 28.9 Å². The van der Waals surface area contributed by atoms with Crippen molar-refractivity contribution in [1.82, 2.24) is 14.9 Å². The molecular formula is C26H22ClF2N3O2. The van der Waals surface area contributed by atoms with Crippen LogP contribution in [0.4, 0.5) is 8.78 Å². The highest BCUT2D eigenvalue weighted by Gasteiger charge is 2.27. The van der Waals surface area contributed by atoms with Crippen molar-refractivity contribution >= 4 is 11.6 Å². The summed E-state index contributed by atoms with van der Waals surface area (Å²) in [6, 6.07) is 9.90. The zero-order chi connectivity index (χ0) is 24.0. The molecule has 2 aromatic carbocycles. The predicted octanol–water partition coefficient (Wildman–Crippen LogP) is 6.13. The summed E-state index contributed by atoms with van der Waals surface area (Å²) in [5.41, 5.74) is 3.21. The molecule has 0 saturated carbocycles. The minimum absolute atomic E-state index is 0.0948. The molecule has 34 heavy (non-hydrogen) atoms. The van der Waals surface area contributed by atoms with Gasteiger partial charge in [0.15, 0.2) is 5.76 Å². The third-order valence-electron chi connectivity index (χ3n) is 6.06. The second kappa shape index (κ2) is 8.81. The van der Waals surface area contributed by atoms with Crippen LogP contribution >= 0.6 is 11.6 Å². The highest BCUT2D eigenvalue weighted by Crippen LogP contribution is 2.37. The maximum atomic E-state index is 14.8. The van der Waals surface area contributed by atoms with Crippen LogP contribution in [0, 0.1) is 25.5 Å². The van der Waals surface area contributed by atoms with Crippen LogP contribution in [-0.2, 0) is 0 Å². The summed E-state index contributed by atoms with van der Waals surface area (Å²) in [5, 5.41) is 3.91. The van der Waals surface area contributed by atoms with Gasteiger partial charge in [-0.3, -0.25) is 9.36 Å². The molecule has 1 aliphatic rings. The van der Waals surface area contributed by atoms with Crippen molar-refractivity contribution in [1.29, 1.82) is 0 Å². The maximum absolute atomic E-state index is 14.8. The molecule has 1 atom stereocenters. The van der Waals surface area contributed by atoms with Crippen molar-refractivity contribution < 1.29 is 13.2 Å². The van der Waals surface area contributed by atoms with E-state index in [1.807, 2.05) is 13.8 Å². The number of aryl methyl sites for hydroxylation is 2. The molecule has 5 nitrogen and oxygen atoms in total. The summed E-state index contributed by atoms with van der Waals surface area (Å²) in [5.74, 6) is -0.804. The number of hydrogen-bond donors (Lipinski definition) is 1. The number of hydrogen-bond acceptors (Lipinski definition) is 4. The van der Waals surface area contributed by atoms with Gasteiger partial charge in [-0.1, -0.05) is 11.6 Å². The fraction of sp³-hybridized carbons (Fsp3) is 0.231. The molecule has 2 aromatic heterocycles. The number of oxazole rings is 1. The molecule has 3 heterocycles. The first-order valence-corrected chi connectivity index (χ1v) is 11.4. The lowest BCUT2D eigenvalue weighted by Gasteiger charge is -2.14. The summed E-state index contributed by atoms with van der Waals surface area (Å²) < 4.78 is 35.9. The number of rotatable bonds is 4. The van der Waals surface area contributed by atoms with Crippen LogP contribution in [0.15, 0.2) is 57.9 Å². The van der Waals surface area contributed by atoms with Gasteiger partial charge in [0.25, 0.3) is 5.56 Å². The Kier molecular flexibility index (Phi) is 5.83. The number of halogens is 3. The van der Waals surface area contributed by atoms with Crippen molar-refractivity contribution in [3.63, 3.8) is 0 Å². The largest absolute Gasteiger partial charge is 0.438 e. The molecule has 1 N–H and O–H groups in total. The van der Waals surface area contributed by atoms with E-state index >= 15 is 0 Å². The number of benzene rings is 2. The summed E-state index contributed by atoms with van der Waals surface area (Å²) in [7, 11) is 0. The minimum Gasteiger partial charge on any atom is -0.438 e. The van der Waals surface area contributed by atoms with Gasteiger partial charge in [-0.25, -0.2) is 13.8 Å². The van der Waals surface area contributed by atoms with Crippen LogP contribution < -0.4 is 10.9 Å². The average molecular weight is 482 g/mol. The minimum atomic E-state index is -0.749. The fourth-order valence-electron chi connectivity index (χ4n) is 4.52. The normalized spacial score (nSPS) is 15.7.